The first-order valence-corrected chi connectivity index (χ1v) is 6.78. The van der Waals surface area contributed by atoms with E-state index in [1.54, 1.807) is 0 Å². The number of alkyl halides is 3. The van der Waals surface area contributed by atoms with Crippen molar-refractivity contribution in [1.82, 2.24) is 14.8 Å². The lowest BCUT2D eigenvalue weighted by Crippen LogP contribution is -2.54. The monoisotopic (exact) mass is 294 g/mol. The van der Waals surface area contributed by atoms with Crippen molar-refractivity contribution in [2.24, 2.45) is 5.73 Å². The Labute approximate surface area is 114 Å². The fraction of sp³-hybridized carbons (Fsp3) is 0.727. The highest BCUT2D eigenvalue weighted by Gasteiger charge is 2.36. The highest BCUT2D eigenvalue weighted by atomic mass is 32.1. The van der Waals surface area contributed by atoms with Crippen LogP contribution in [0.25, 0.3) is 0 Å². The topological polar surface area (TPSA) is 45.4 Å². The Balaban J connectivity index is 2.14. The lowest BCUT2D eigenvalue weighted by molar-refractivity contribution is -0.137. The third-order valence-corrected chi connectivity index (χ3v) is 4.55. The molecule has 0 radical (unpaired) electrons. The second kappa shape index (κ2) is 5.35. The van der Waals surface area contributed by atoms with Gasteiger partial charge in [-0.1, -0.05) is 0 Å². The van der Waals surface area contributed by atoms with Gasteiger partial charge in [-0.25, -0.2) is 4.98 Å². The number of likely N-dealkylation sites (N-methyl/N-ethyl adjacent to an activating group) is 2. The molecule has 0 amide bonds. The van der Waals surface area contributed by atoms with E-state index in [4.69, 9.17) is 5.73 Å². The summed E-state index contributed by atoms with van der Waals surface area (Å²) in [7, 11) is 3.93. The van der Waals surface area contributed by atoms with Gasteiger partial charge in [0.1, 0.15) is 0 Å². The van der Waals surface area contributed by atoms with Gasteiger partial charge in [-0.3, -0.25) is 4.90 Å². The van der Waals surface area contributed by atoms with Crippen LogP contribution < -0.4 is 5.73 Å². The van der Waals surface area contributed by atoms with Crippen LogP contribution in [0.3, 0.4) is 0 Å². The molecule has 4 nitrogen and oxygen atoms in total. The molecule has 1 fully saturated rings. The Bertz CT molecular complexity index is 434. The molecule has 2 rings (SSSR count). The van der Waals surface area contributed by atoms with Gasteiger partial charge in [0, 0.05) is 36.8 Å². The number of hydrogen-bond acceptors (Lipinski definition) is 5. The van der Waals surface area contributed by atoms with Gasteiger partial charge < -0.3 is 10.6 Å². The number of nitrogens with zero attached hydrogens (tertiary/aromatic N) is 3. The summed E-state index contributed by atoms with van der Waals surface area (Å²) >= 11 is 0.639. The Morgan fingerprint density at radius 3 is 2.68 bits per heavy atom. The summed E-state index contributed by atoms with van der Waals surface area (Å²) in [6.07, 6.45) is -3.14. The van der Waals surface area contributed by atoms with Crippen LogP contribution in [-0.4, -0.2) is 54.6 Å². The summed E-state index contributed by atoms with van der Waals surface area (Å²) in [6, 6.07) is -0.429. The molecular formula is C11H17F3N4S. The molecule has 1 saturated heterocycles. The van der Waals surface area contributed by atoms with Gasteiger partial charge in [0.15, 0.2) is 5.01 Å². The fourth-order valence-electron chi connectivity index (χ4n) is 2.19. The number of aromatic nitrogens is 1. The van der Waals surface area contributed by atoms with Crippen molar-refractivity contribution >= 4 is 11.3 Å². The van der Waals surface area contributed by atoms with Gasteiger partial charge in [0.05, 0.1) is 6.04 Å². The number of nitrogens with two attached hydrogens (primary N) is 1. The Kier molecular flexibility index (Phi) is 4.14. The van der Waals surface area contributed by atoms with Crippen molar-refractivity contribution in [3.8, 4) is 0 Å². The quantitative estimate of drug-likeness (QED) is 0.896. The van der Waals surface area contributed by atoms with Crippen molar-refractivity contribution in [2.75, 3.05) is 33.7 Å². The van der Waals surface area contributed by atoms with E-state index in [2.05, 4.69) is 14.8 Å². The lowest BCUT2D eigenvalue weighted by atomic mass is 10.0. The zero-order valence-corrected chi connectivity index (χ0v) is 11.6. The first-order chi connectivity index (χ1) is 8.79. The maximum absolute atomic E-state index is 12.5. The van der Waals surface area contributed by atoms with Crippen molar-refractivity contribution in [1.29, 1.82) is 0 Å². The van der Waals surface area contributed by atoms with Crippen LogP contribution in [0.15, 0.2) is 6.20 Å². The summed E-state index contributed by atoms with van der Waals surface area (Å²) in [5.41, 5.74) is 6.11. The van der Waals surface area contributed by atoms with Crippen LogP contribution >= 0.6 is 11.3 Å². The zero-order chi connectivity index (χ0) is 14.2. The summed E-state index contributed by atoms with van der Waals surface area (Å²) in [5.74, 6) is 0. The van der Waals surface area contributed by atoms with Gasteiger partial charge in [-0.2, -0.15) is 13.2 Å². The van der Waals surface area contributed by atoms with E-state index in [9.17, 15) is 13.2 Å². The first kappa shape index (κ1) is 14.7. The molecule has 0 bridgehead atoms. The minimum Gasteiger partial charge on any atom is -0.322 e. The van der Waals surface area contributed by atoms with E-state index >= 15 is 0 Å². The molecule has 1 aliphatic heterocycles. The molecule has 2 unspecified atom stereocenters. The Morgan fingerprint density at radius 1 is 1.42 bits per heavy atom. The summed E-state index contributed by atoms with van der Waals surface area (Å²) in [5, 5.41) is -0.829. The van der Waals surface area contributed by atoms with Crippen LogP contribution in [0.4, 0.5) is 13.2 Å². The number of thiazole rings is 1. The number of hydrogen-bond donors (Lipinski definition) is 1. The molecule has 2 N–H and O–H groups in total. The molecule has 2 atom stereocenters. The van der Waals surface area contributed by atoms with E-state index in [1.165, 1.54) is 6.20 Å². The minimum absolute atomic E-state index is 0.0142. The van der Waals surface area contributed by atoms with E-state index in [-0.39, 0.29) is 6.04 Å². The third kappa shape index (κ3) is 3.25. The summed E-state index contributed by atoms with van der Waals surface area (Å²) < 4.78 is 37.6. The molecule has 1 aromatic rings. The van der Waals surface area contributed by atoms with Crippen molar-refractivity contribution in [2.45, 2.75) is 18.3 Å². The second-order valence-electron chi connectivity index (χ2n) is 4.90. The highest BCUT2D eigenvalue weighted by molar-refractivity contribution is 7.11. The van der Waals surface area contributed by atoms with Crippen LogP contribution in [0.1, 0.15) is 15.9 Å². The molecular weight excluding hydrogens is 277 g/mol. The van der Waals surface area contributed by atoms with Crippen molar-refractivity contribution in [3.05, 3.63) is 16.1 Å². The highest BCUT2D eigenvalue weighted by Crippen LogP contribution is 2.35. The average Bonchev–Trinajstić information content (AvgIpc) is 2.80. The molecule has 0 saturated carbocycles. The van der Waals surface area contributed by atoms with Crippen LogP contribution in [0.5, 0.6) is 0 Å². The van der Waals surface area contributed by atoms with E-state index in [0.717, 1.165) is 19.6 Å². The van der Waals surface area contributed by atoms with Crippen LogP contribution in [0, 0.1) is 0 Å². The minimum atomic E-state index is -4.39. The normalized spacial score (nSPS) is 24.6. The Morgan fingerprint density at radius 2 is 2.11 bits per heavy atom. The molecule has 2 heterocycles. The van der Waals surface area contributed by atoms with Gasteiger partial charge in [0.2, 0.25) is 0 Å². The van der Waals surface area contributed by atoms with Crippen LogP contribution in [-0.2, 0) is 6.18 Å². The third-order valence-electron chi connectivity index (χ3n) is 3.41. The number of halogens is 3. The largest absolute Gasteiger partial charge is 0.443 e. The molecule has 0 spiro atoms. The fourth-order valence-corrected chi connectivity index (χ4v) is 3.04. The van der Waals surface area contributed by atoms with Crippen LogP contribution in [0.2, 0.25) is 0 Å². The summed E-state index contributed by atoms with van der Waals surface area (Å²) in [4.78, 5) is 8.14. The van der Waals surface area contributed by atoms with Gasteiger partial charge >= 0.3 is 6.18 Å². The molecule has 19 heavy (non-hydrogen) atoms. The predicted octanol–water partition coefficient (Wildman–Crippen LogP) is 1.41. The van der Waals surface area contributed by atoms with E-state index in [0.29, 0.717) is 16.2 Å². The Hall–Kier alpha value is -0.700. The van der Waals surface area contributed by atoms with Crippen molar-refractivity contribution < 1.29 is 13.2 Å². The summed E-state index contributed by atoms with van der Waals surface area (Å²) in [6.45, 7) is 2.55. The smallest absolute Gasteiger partial charge is 0.322 e. The van der Waals surface area contributed by atoms with E-state index in [1.807, 2.05) is 14.1 Å². The maximum Gasteiger partial charge on any atom is 0.443 e. The number of piperazine rings is 1. The molecule has 8 heteroatoms. The van der Waals surface area contributed by atoms with Gasteiger partial charge in [-0.05, 0) is 14.1 Å². The SMILES string of the molecule is CN1CCN(C)C(C(N)c2cnc(C(F)(F)F)s2)C1. The molecule has 0 aromatic carbocycles. The molecule has 1 aliphatic rings. The zero-order valence-electron chi connectivity index (χ0n) is 10.8. The predicted molar refractivity (Wildman–Crippen MR) is 68.0 cm³/mol. The van der Waals surface area contributed by atoms with Crippen molar-refractivity contribution in [3.63, 3.8) is 0 Å². The molecule has 1 aromatic heterocycles. The van der Waals surface area contributed by atoms with Gasteiger partial charge in [-0.15, -0.1) is 11.3 Å². The standard InChI is InChI=1S/C11H17F3N4S/c1-17-3-4-18(2)7(6-17)9(15)8-5-16-10(19-8)11(12,13)14/h5,7,9H,3-4,6,15H2,1-2H3. The van der Waals surface area contributed by atoms with E-state index < -0.39 is 17.2 Å². The second-order valence-corrected chi connectivity index (χ2v) is 5.96. The van der Waals surface area contributed by atoms with Gasteiger partial charge in [0.25, 0.3) is 0 Å². The lowest BCUT2D eigenvalue weighted by Gasteiger charge is -2.40. The molecule has 108 valence electrons. The average molecular weight is 294 g/mol. The first-order valence-electron chi connectivity index (χ1n) is 5.96. The molecule has 0 aliphatic carbocycles. The number of rotatable bonds is 2. The maximum atomic E-state index is 12.5.